The molecule has 1 heterocycles. The Morgan fingerprint density at radius 1 is 1.44 bits per heavy atom. The zero-order valence-electron chi connectivity index (χ0n) is 10.9. The predicted molar refractivity (Wildman–Crippen MR) is 68.7 cm³/mol. The third kappa shape index (κ3) is 4.66. The molecular weight excluding hydrogens is 200 g/mol. The summed E-state index contributed by atoms with van der Waals surface area (Å²) >= 11 is 0. The Kier molecular flexibility index (Phi) is 5.32. The van der Waals surface area contributed by atoms with E-state index in [1.165, 1.54) is 0 Å². The molecule has 0 spiro atoms. The average molecular weight is 224 g/mol. The molecule has 0 amide bonds. The van der Waals surface area contributed by atoms with Crippen LogP contribution in [-0.4, -0.2) is 41.6 Å². The number of rotatable bonds is 7. The van der Waals surface area contributed by atoms with E-state index in [1.54, 1.807) is 0 Å². The molecule has 1 rings (SSSR count). The number of nitrogens with one attached hydrogen (secondary N) is 1. The van der Waals surface area contributed by atoms with Gasteiger partial charge in [0.1, 0.15) is 0 Å². The number of hydrogen-bond donors (Lipinski definition) is 1. The average Bonchev–Trinajstić information content (AvgIpc) is 2.62. The maximum atomic E-state index is 4.32. The highest BCUT2D eigenvalue weighted by molar-refractivity contribution is 5.25. The monoisotopic (exact) mass is 224 g/mol. The molecular formula is C12H24N4. The summed E-state index contributed by atoms with van der Waals surface area (Å²) in [4.78, 5) is 6.53. The van der Waals surface area contributed by atoms with Gasteiger partial charge in [0.05, 0.1) is 0 Å². The predicted octanol–water partition coefficient (Wildman–Crippen LogP) is 1.90. The van der Waals surface area contributed by atoms with Crippen molar-refractivity contribution in [2.24, 2.45) is 5.92 Å². The molecule has 16 heavy (non-hydrogen) atoms. The van der Waals surface area contributed by atoms with Gasteiger partial charge in [-0.25, -0.2) is 4.98 Å². The number of nitrogens with zero attached hydrogens (tertiary/aromatic N) is 3. The maximum Gasteiger partial charge on any atom is 0.202 e. The number of aromatic nitrogens is 2. The standard InChI is InChI=1S/C12H24N4/c1-11(2)10-14-12-13-6-9-16(12)8-5-7-15(3)4/h6,9,11H,5,7-8,10H2,1-4H3,(H,13,14). The van der Waals surface area contributed by atoms with Crippen LogP contribution in [0.25, 0.3) is 0 Å². The number of aryl methyl sites for hydroxylation is 1. The summed E-state index contributed by atoms with van der Waals surface area (Å²) < 4.78 is 2.19. The highest BCUT2D eigenvalue weighted by Crippen LogP contribution is 2.06. The number of imidazole rings is 1. The number of hydrogen-bond acceptors (Lipinski definition) is 3. The van der Waals surface area contributed by atoms with Crippen LogP contribution >= 0.6 is 0 Å². The molecule has 0 bridgehead atoms. The zero-order chi connectivity index (χ0) is 12.0. The summed E-state index contributed by atoms with van der Waals surface area (Å²) in [5, 5.41) is 3.37. The van der Waals surface area contributed by atoms with E-state index in [1.807, 2.05) is 12.4 Å². The molecule has 0 saturated heterocycles. The van der Waals surface area contributed by atoms with Crippen LogP contribution in [0.4, 0.5) is 5.95 Å². The van der Waals surface area contributed by atoms with Crippen molar-refractivity contribution in [2.45, 2.75) is 26.8 Å². The molecule has 0 aliphatic heterocycles. The van der Waals surface area contributed by atoms with Crippen molar-refractivity contribution in [2.75, 3.05) is 32.5 Å². The second kappa shape index (κ2) is 6.53. The summed E-state index contributed by atoms with van der Waals surface area (Å²) in [5.74, 6) is 1.64. The van der Waals surface area contributed by atoms with Crippen molar-refractivity contribution in [1.82, 2.24) is 14.5 Å². The second-order valence-corrected chi connectivity index (χ2v) is 4.88. The first-order chi connectivity index (χ1) is 7.59. The third-order valence-electron chi connectivity index (χ3n) is 2.39. The van der Waals surface area contributed by atoms with Crippen molar-refractivity contribution >= 4 is 5.95 Å². The van der Waals surface area contributed by atoms with Gasteiger partial charge in [-0.05, 0) is 33.0 Å². The summed E-state index contributed by atoms with van der Waals surface area (Å²) in [7, 11) is 4.21. The first-order valence-electron chi connectivity index (χ1n) is 5.99. The van der Waals surface area contributed by atoms with Crippen molar-refractivity contribution in [3.05, 3.63) is 12.4 Å². The van der Waals surface area contributed by atoms with Crippen LogP contribution in [-0.2, 0) is 6.54 Å². The van der Waals surface area contributed by atoms with E-state index in [0.717, 1.165) is 32.0 Å². The smallest absolute Gasteiger partial charge is 0.202 e. The van der Waals surface area contributed by atoms with E-state index in [9.17, 15) is 0 Å². The van der Waals surface area contributed by atoms with Crippen LogP contribution in [0.15, 0.2) is 12.4 Å². The van der Waals surface area contributed by atoms with Gasteiger partial charge in [0.2, 0.25) is 5.95 Å². The highest BCUT2D eigenvalue weighted by Gasteiger charge is 2.02. The lowest BCUT2D eigenvalue weighted by Gasteiger charge is -2.13. The van der Waals surface area contributed by atoms with E-state index >= 15 is 0 Å². The van der Waals surface area contributed by atoms with Gasteiger partial charge in [-0.15, -0.1) is 0 Å². The van der Waals surface area contributed by atoms with Gasteiger partial charge in [-0.1, -0.05) is 13.8 Å². The molecule has 0 radical (unpaired) electrons. The normalized spacial score (nSPS) is 11.4. The van der Waals surface area contributed by atoms with Crippen LogP contribution in [0.2, 0.25) is 0 Å². The molecule has 0 saturated carbocycles. The lowest BCUT2D eigenvalue weighted by atomic mass is 10.2. The Balaban J connectivity index is 2.38. The summed E-state index contributed by atoms with van der Waals surface area (Å²) in [6.07, 6.45) is 5.05. The Morgan fingerprint density at radius 3 is 2.81 bits per heavy atom. The zero-order valence-corrected chi connectivity index (χ0v) is 10.9. The van der Waals surface area contributed by atoms with Gasteiger partial charge < -0.3 is 14.8 Å². The molecule has 1 N–H and O–H groups in total. The molecule has 4 heteroatoms. The van der Waals surface area contributed by atoms with Gasteiger partial charge in [0, 0.05) is 25.5 Å². The first-order valence-corrected chi connectivity index (χ1v) is 5.99. The van der Waals surface area contributed by atoms with Gasteiger partial charge in [-0.3, -0.25) is 0 Å². The quantitative estimate of drug-likeness (QED) is 0.768. The summed E-state index contributed by atoms with van der Waals surface area (Å²) in [6.45, 7) is 7.52. The topological polar surface area (TPSA) is 33.1 Å². The fourth-order valence-corrected chi connectivity index (χ4v) is 1.51. The van der Waals surface area contributed by atoms with E-state index in [-0.39, 0.29) is 0 Å². The molecule has 0 aromatic carbocycles. The minimum absolute atomic E-state index is 0.645. The minimum Gasteiger partial charge on any atom is -0.355 e. The minimum atomic E-state index is 0.645. The Hall–Kier alpha value is -1.03. The van der Waals surface area contributed by atoms with Crippen molar-refractivity contribution < 1.29 is 0 Å². The van der Waals surface area contributed by atoms with Gasteiger partial charge in [0.25, 0.3) is 0 Å². The van der Waals surface area contributed by atoms with Gasteiger partial charge in [0.15, 0.2) is 0 Å². The first kappa shape index (κ1) is 13.0. The van der Waals surface area contributed by atoms with Crippen molar-refractivity contribution in [1.29, 1.82) is 0 Å². The molecule has 0 aliphatic rings. The maximum absolute atomic E-state index is 4.32. The summed E-state index contributed by atoms with van der Waals surface area (Å²) in [5.41, 5.74) is 0. The fourth-order valence-electron chi connectivity index (χ4n) is 1.51. The van der Waals surface area contributed by atoms with Crippen LogP contribution in [0.3, 0.4) is 0 Å². The lowest BCUT2D eigenvalue weighted by molar-refractivity contribution is 0.387. The molecule has 1 aromatic rings. The van der Waals surface area contributed by atoms with E-state index in [2.05, 4.69) is 47.7 Å². The fraction of sp³-hybridized carbons (Fsp3) is 0.750. The molecule has 0 aliphatic carbocycles. The van der Waals surface area contributed by atoms with Crippen molar-refractivity contribution in [3.8, 4) is 0 Å². The molecule has 4 nitrogen and oxygen atoms in total. The highest BCUT2D eigenvalue weighted by atomic mass is 15.2. The molecule has 1 aromatic heterocycles. The van der Waals surface area contributed by atoms with Crippen LogP contribution in [0.5, 0.6) is 0 Å². The van der Waals surface area contributed by atoms with Crippen LogP contribution < -0.4 is 5.32 Å². The van der Waals surface area contributed by atoms with E-state index < -0.39 is 0 Å². The third-order valence-corrected chi connectivity index (χ3v) is 2.39. The molecule has 0 unspecified atom stereocenters. The van der Waals surface area contributed by atoms with Gasteiger partial charge >= 0.3 is 0 Å². The Morgan fingerprint density at radius 2 is 2.19 bits per heavy atom. The van der Waals surface area contributed by atoms with Crippen LogP contribution in [0, 0.1) is 5.92 Å². The largest absolute Gasteiger partial charge is 0.355 e. The second-order valence-electron chi connectivity index (χ2n) is 4.88. The van der Waals surface area contributed by atoms with E-state index in [0.29, 0.717) is 5.92 Å². The van der Waals surface area contributed by atoms with Crippen molar-refractivity contribution in [3.63, 3.8) is 0 Å². The van der Waals surface area contributed by atoms with E-state index in [4.69, 9.17) is 0 Å². The molecule has 0 atom stereocenters. The molecule has 92 valence electrons. The summed E-state index contributed by atoms with van der Waals surface area (Å²) in [6, 6.07) is 0. The lowest BCUT2D eigenvalue weighted by Crippen LogP contribution is -2.16. The van der Waals surface area contributed by atoms with Crippen LogP contribution in [0.1, 0.15) is 20.3 Å². The number of anilines is 1. The molecule has 0 fully saturated rings. The van der Waals surface area contributed by atoms with Gasteiger partial charge in [-0.2, -0.15) is 0 Å². The Labute approximate surface area is 98.7 Å². The SMILES string of the molecule is CC(C)CNc1nccn1CCCN(C)C. The Bertz CT molecular complexity index is 291.